The summed E-state index contributed by atoms with van der Waals surface area (Å²) in [4.78, 5) is 45.6. The maximum absolute atomic E-state index is 14.5. The van der Waals surface area contributed by atoms with Crippen LogP contribution in [0.4, 0.5) is 34.8 Å². The Kier molecular flexibility index (Phi) is 9.45. The van der Waals surface area contributed by atoms with Crippen molar-refractivity contribution in [2.45, 2.75) is 19.3 Å². The lowest BCUT2D eigenvalue weighted by molar-refractivity contribution is -0.274. The van der Waals surface area contributed by atoms with Crippen LogP contribution >= 0.6 is 0 Å². The number of pyridine rings is 1. The number of nitrogens with two attached hydrogens (primary N) is 2. The fourth-order valence-corrected chi connectivity index (χ4v) is 4.34. The molecule has 230 valence electrons. The number of nitrogens with zero attached hydrogens (tertiary/aromatic N) is 5. The van der Waals surface area contributed by atoms with Gasteiger partial charge in [0, 0.05) is 32.7 Å². The van der Waals surface area contributed by atoms with Gasteiger partial charge in [0.15, 0.2) is 5.69 Å². The van der Waals surface area contributed by atoms with Crippen LogP contribution in [0, 0.1) is 5.95 Å². The number of benzene rings is 1. The minimum Gasteiger partial charge on any atom is -0.406 e. The van der Waals surface area contributed by atoms with Gasteiger partial charge in [-0.25, -0.2) is 9.67 Å². The van der Waals surface area contributed by atoms with Crippen LogP contribution in [-0.2, 0) is 17.8 Å². The van der Waals surface area contributed by atoms with E-state index in [1.807, 2.05) is 7.05 Å². The van der Waals surface area contributed by atoms with Crippen molar-refractivity contribution in [3.05, 3.63) is 59.3 Å². The summed E-state index contributed by atoms with van der Waals surface area (Å²) in [5.74, 6) is -4.21. The van der Waals surface area contributed by atoms with Crippen molar-refractivity contribution in [1.82, 2.24) is 24.6 Å². The summed E-state index contributed by atoms with van der Waals surface area (Å²) >= 11 is 0. The largest absolute Gasteiger partial charge is 0.573 e. The summed E-state index contributed by atoms with van der Waals surface area (Å²) in [7, 11) is 2.03. The lowest BCUT2D eigenvalue weighted by Crippen LogP contribution is -2.45. The summed E-state index contributed by atoms with van der Waals surface area (Å²) in [6, 6.07) is 5.77. The molecule has 43 heavy (non-hydrogen) atoms. The number of amides is 3. The smallest absolute Gasteiger partial charge is 0.406 e. The third-order valence-electron chi connectivity index (χ3n) is 6.57. The SMILES string of the molecule is CN1CCN(CCn2nc(C(=O)Nc3cc(NC(=O)Cc4ccc(OC(F)(F)F)cc4)cnc3F)c(C(N)=O)c2N)CC1. The number of nitrogen functional groups attached to an aromatic ring is 1. The normalized spacial score (nSPS) is 14.3. The topological polar surface area (TPSA) is 174 Å². The Morgan fingerprint density at radius 3 is 2.35 bits per heavy atom. The number of carbonyl (C=O) groups excluding carboxylic acids is 3. The van der Waals surface area contributed by atoms with Crippen molar-refractivity contribution < 1.29 is 36.7 Å². The molecule has 0 aliphatic carbocycles. The van der Waals surface area contributed by atoms with Crippen LogP contribution < -0.4 is 26.8 Å². The van der Waals surface area contributed by atoms with Gasteiger partial charge < -0.3 is 31.7 Å². The predicted molar refractivity (Wildman–Crippen MR) is 147 cm³/mol. The molecule has 6 N–H and O–H groups in total. The van der Waals surface area contributed by atoms with Crippen molar-refractivity contribution in [3.63, 3.8) is 0 Å². The summed E-state index contributed by atoms with van der Waals surface area (Å²) in [5, 5.41) is 8.89. The molecule has 13 nitrogen and oxygen atoms in total. The van der Waals surface area contributed by atoms with Crippen molar-refractivity contribution in [3.8, 4) is 5.75 Å². The highest BCUT2D eigenvalue weighted by molar-refractivity contribution is 6.12. The highest BCUT2D eigenvalue weighted by atomic mass is 19.4. The second-order valence-corrected chi connectivity index (χ2v) is 9.77. The average molecular weight is 608 g/mol. The third kappa shape index (κ3) is 8.39. The molecule has 0 spiro atoms. The Hall–Kier alpha value is -4.77. The molecule has 1 saturated heterocycles. The lowest BCUT2D eigenvalue weighted by Gasteiger charge is -2.32. The predicted octanol–water partition coefficient (Wildman–Crippen LogP) is 1.68. The summed E-state index contributed by atoms with van der Waals surface area (Å²) in [5.41, 5.74) is 10.8. The van der Waals surface area contributed by atoms with Crippen LogP contribution in [0.2, 0.25) is 0 Å². The Morgan fingerprint density at radius 1 is 1.05 bits per heavy atom. The standard InChI is InChI=1S/C26H29F4N9O4/c1-37-6-8-38(9-7-37)10-11-39-23(31)20(24(32)41)21(36-39)25(42)35-18-13-16(14-33-22(18)27)34-19(40)12-15-2-4-17(5-3-15)43-26(28,29)30/h2-5,13-14H,6-12,31H2,1H3,(H2,32,41)(H,34,40)(H,35,42). The molecule has 3 amide bonds. The van der Waals surface area contributed by atoms with E-state index in [1.54, 1.807) is 0 Å². The van der Waals surface area contributed by atoms with Gasteiger partial charge in [-0.2, -0.15) is 9.49 Å². The quantitative estimate of drug-likeness (QED) is 0.198. The molecular weight excluding hydrogens is 578 g/mol. The monoisotopic (exact) mass is 607 g/mol. The molecule has 4 rings (SSSR count). The molecule has 0 atom stereocenters. The van der Waals surface area contributed by atoms with Crippen molar-refractivity contribution >= 4 is 34.9 Å². The highest BCUT2D eigenvalue weighted by Crippen LogP contribution is 2.24. The second kappa shape index (κ2) is 13.0. The molecule has 3 aromatic rings. The first-order valence-corrected chi connectivity index (χ1v) is 13.0. The van der Waals surface area contributed by atoms with Gasteiger partial charge in [0.1, 0.15) is 17.1 Å². The maximum Gasteiger partial charge on any atom is 0.573 e. The number of likely N-dealkylation sites (N-methyl/N-ethyl adjacent to an activating group) is 1. The zero-order chi connectivity index (χ0) is 31.3. The van der Waals surface area contributed by atoms with E-state index < -0.39 is 47.2 Å². The minimum absolute atomic E-state index is 0.00562. The van der Waals surface area contributed by atoms with E-state index in [0.717, 1.165) is 50.6 Å². The molecule has 1 aliphatic rings. The van der Waals surface area contributed by atoms with E-state index >= 15 is 0 Å². The van der Waals surface area contributed by atoms with Crippen LogP contribution in [0.3, 0.4) is 0 Å². The zero-order valence-electron chi connectivity index (χ0n) is 22.9. The number of ether oxygens (including phenoxy) is 1. The summed E-state index contributed by atoms with van der Waals surface area (Å²) in [6.45, 7) is 4.28. The van der Waals surface area contributed by atoms with Gasteiger partial charge in [0.25, 0.3) is 11.8 Å². The van der Waals surface area contributed by atoms with Gasteiger partial charge in [-0.15, -0.1) is 13.2 Å². The number of piperazine rings is 1. The first kappa shape index (κ1) is 31.2. The first-order valence-electron chi connectivity index (χ1n) is 13.0. The second-order valence-electron chi connectivity index (χ2n) is 9.77. The first-order chi connectivity index (χ1) is 20.3. The van der Waals surface area contributed by atoms with Crippen LogP contribution in [0.1, 0.15) is 26.4 Å². The summed E-state index contributed by atoms with van der Waals surface area (Å²) in [6.07, 6.45) is -4.08. The van der Waals surface area contributed by atoms with Crippen LogP contribution in [0.5, 0.6) is 5.75 Å². The molecular formula is C26H29F4N9O4. The number of anilines is 3. The van der Waals surface area contributed by atoms with E-state index in [0.29, 0.717) is 12.1 Å². The Morgan fingerprint density at radius 2 is 1.72 bits per heavy atom. The van der Waals surface area contributed by atoms with Gasteiger partial charge in [0.2, 0.25) is 11.9 Å². The van der Waals surface area contributed by atoms with Gasteiger partial charge in [-0.05, 0) is 30.8 Å². The number of aromatic nitrogens is 3. The minimum atomic E-state index is -4.85. The molecule has 0 saturated carbocycles. The van der Waals surface area contributed by atoms with E-state index in [-0.39, 0.29) is 30.0 Å². The highest BCUT2D eigenvalue weighted by Gasteiger charge is 2.31. The number of alkyl halides is 3. The molecule has 0 bridgehead atoms. The van der Waals surface area contributed by atoms with E-state index in [2.05, 4.69) is 35.3 Å². The molecule has 1 aliphatic heterocycles. The summed E-state index contributed by atoms with van der Waals surface area (Å²) < 4.78 is 56.6. The van der Waals surface area contributed by atoms with Crippen LogP contribution in [0.25, 0.3) is 0 Å². The van der Waals surface area contributed by atoms with Gasteiger partial charge in [-0.3, -0.25) is 19.3 Å². The Labute approximate surface area is 242 Å². The number of halogens is 4. The number of nitrogens with one attached hydrogen (secondary N) is 2. The lowest BCUT2D eigenvalue weighted by atomic mass is 10.1. The molecule has 3 heterocycles. The average Bonchev–Trinajstić information content (AvgIpc) is 3.27. The van der Waals surface area contributed by atoms with Crippen molar-refractivity contribution in [2.24, 2.45) is 5.73 Å². The van der Waals surface area contributed by atoms with Crippen LogP contribution in [-0.4, -0.2) is 88.4 Å². The number of carbonyl (C=O) groups is 3. The Bertz CT molecular complexity index is 1490. The number of hydrogen-bond acceptors (Lipinski definition) is 9. The third-order valence-corrected chi connectivity index (χ3v) is 6.57. The van der Waals surface area contributed by atoms with E-state index in [1.165, 1.54) is 16.8 Å². The fourth-order valence-electron chi connectivity index (χ4n) is 4.34. The van der Waals surface area contributed by atoms with Gasteiger partial charge in [0.05, 0.1) is 30.5 Å². The molecule has 0 radical (unpaired) electrons. The molecule has 0 unspecified atom stereocenters. The molecule has 17 heteroatoms. The molecule has 1 fully saturated rings. The fraction of sp³-hybridized carbons (Fsp3) is 0.346. The Balaban J connectivity index is 1.42. The maximum atomic E-state index is 14.5. The van der Waals surface area contributed by atoms with Crippen molar-refractivity contribution in [1.29, 1.82) is 0 Å². The van der Waals surface area contributed by atoms with Gasteiger partial charge in [-0.1, -0.05) is 12.1 Å². The molecule has 2 aromatic heterocycles. The van der Waals surface area contributed by atoms with Gasteiger partial charge >= 0.3 is 6.36 Å². The van der Waals surface area contributed by atoms with E-state index in [4.69, 9.17) is 11.5 Å². The number of hydrogen-bond donors (Lipinski definition) is 4. The molecule has 1 aromatic carbocycles. The number of rotatable bonds is 10. The zero-order valence-corrected chi connectivity index (χ0v) is 22.9. The number of primary amides is 1. The van der Waals surface area contributed by atoms with Crippen LogP contribution in [0.15, 0.2) is 36.5 Å². The van der Waals surface area contributed by atoms with E-state index in [9.17, 15) is 31.9 Å². The van der Waals surface area contributed by atoms with Crippen molar-refractivity contribution in [2.75, 3.05) is 56.1 Å².